The van der Waals surface area contributed by atoms with Gasteiger partial charge < -0.3 is 21.1 Å². The summed E-state index contributed by atoms with van der Waals surface area (Å²) in [6.45, 7) is -0.357. The lowest BCUT2D eigenvalue weighted by molar-refractivity contribution is -0.120. The van der Waals surface area contributed by atoms with Gasteiger partial charge in [-0.3, -0.25) is 14.8 Å². The van der Waals surface area contributed by atoms with Crippen LogP contribution in [-0.4, -0.2) is 48.7 Å². The van der Waals surface area contributed by atoms with E-state index in [0.717, 1.165) is 0 Å². The number of aromatic nitrogens is 1. The standard InChI is InChI=1S/C20H22F4N5O2P/c1-26-17(18(30)29-16-6-8-27-11-20(16,21)22)14-9-13(4-5-15(14)25)31-10-12-3-2-7-28-19(12)32(23)24/h2-5,7,9,16,27H,6,8,10-11,25H2,1H3,(H,29,30)/t16-/m1/s1. The second kappa shape index (κ2) is 10.2. The molecule has 2 heterocycles. The number of nitrogens with one attached hydrogen (secondary N) is 2. The van der Waals surface area contributed by atoms with Crippen molar-refractivity contribution in [2.24, 2.45) is 4.99 Å². The van der Waals surface area contributed by atoms with Crippen LogP contribution in [0.15, 0.2) is 41.5 Å². The van der Waals surface area contributed by atoms with Crippen LogP contribution >= 0.6 is 8.54 Å². The van der Waals surface area contributed by atoms with Crippen LogP contribution in [0.25, 0.3) is 0 Å². The van der Waals surface area contributed by atoms with Crippen LogP contribution in [0.2, 0.25) is 0 Å². The molecule has 1 amide bonds. The lowest BCUT2D eigenvalue weighted by Gasteiger charge is -2.32. The van der Waals surface area contributed by atoms with E-state index in [2.05, 4.69) is 20.6 Å². The lowest BCUT2D eigenvalue weighted by atomic mass is 10.0. The smallest absolute Gasteiger partial charge is 0.317 e. The molecule has 32 heavy (non-hydrogen) atoms. The van der Waals surface area contributed by atoms with E-state index in [0.29, 0.717) is 6.54 Å². The Hall–Kier alpha value is -2.78. The Kier molecular flexibility index (Phi) is 7.63. The Bertz CT molecular complexity index is 1010. The van der Waals surface area contributed by atoms with Crippen molar-refractivity contribution in [3.05, 3.63) is 47.7 Å². The first-order valence-electron chi connectivity index (χ1n) is 9.67. The first kappa shape index (κ1) is 23.9. The maximum absolute atomic E-state index is 14.1. The zero-order valence-corrected chi connectivity index (χ0v) is 18.0. The van der Waals surface area contributed by atoms with Gasteiger partial charge in [0.2, 0.25) is 0 Å². The SMILES string of the molecule is CN=C(C(=O)N[C@@H]1CCNCC1(F)F)c1cc(OCc2cccnc2P(F)F)ccc1N. The van der Waals surface area contributed by atoms with Gasteiger partial charge in [0.15, 0.2) is 0 Å². The molecular formula is C20H22F4N5O2P. The number of hydrogen-bond donors (Lipinski definition) is 3. The van der Waals surface area contributed by atoms with Gasteiger partial charge in [0.1, 0.15) is 23.5 Å². The largest absolute Gasteiger partial charge is 0.489 e. The number of nitrogens with two attached hydrogens (primary N) is 1. The zero-order valence-electron chi connectivity index (χ0n) is 17.1. The van der Waals surface area contributed by atoms with Gasteiger partial charge in [-0.1, -0.05) is 6.07 Å². The predicted octanol–water partition coefficient (Wildman–Crippen LogP) is 2.65. The number of rotatable bonds is 7. The second-order valence-electron chi connectivity index (χ2n) is 7.08. The number of piperidine rings is 1. The molecule has 1 aromatic heterocycles. The van der Waals surface area contributed by atoms with Crippen molar-refractivity contribution >= 4 is 31.3 Å². The predicted molar refractivity (Wildman–Crippen MR) is 115 cm³/mol. The molecule has 4 N–H and O–H groups in total. The molecule has 1 aliphatic rings. The maximum Gasteiger partial charge on any atom is 0.317 e. The summed E-state index contributed by atoms with van der Waals surface area (Å²) in [6, 6.07) is 6.06. The van der Waals surface area contributed by atoms with Crippen LogP contribution in [0.5, 0.6) is 5.75 Å². The summed E-state index contributed by atoms with van der Waals surface area (Å²) in [5, 5.41) is 4.93. The molecule has 1 aromatic carbocycles. The van der Waals surface area contributed by atoms with Crippen LogP contribution in [0.3, 0.4) is 0 Å². The van der Waals surface area contributed by atoms with Gasteiger partial charge in [0, 0.05) is 30.1 Å². The van der Waals surface area contributed by atoms with Gasteiger partial charge in [0.05, 0.1) is 12.6 Å². The quantitative estimate of drug-likeness (QED) is 0.250. The van der Waals surface area contributed by atoms with Crippen molar-refractivity contribution in [1.82, 2.24) is 15.6 Å². The lowest BCUT2D eigenvalue weighted by Crippen LogP contribution is -2.58. The van der Waals surface area contributed by atoms with Crippen LogP contribution in [0.1, 0.15) is 17.5 Å². The minimum Gasteiger partial charge on any atom is -0.489 e. The van der Waals surface area contributed by atoms with Gasteiger partial charge in [-0.15, -0.1) is 0 Å². The number of pyridine rings is 1. The topological polar surface area (TPSA) is 102 Å². The second-order valence-corrected chi connectivity index (χ2v) is 7.97. The number of anilines is 1. The third-order valence-electron chi connectivity index (χ3n) is 4.93. The summed E-state index contributed by atoms with van der Waals surface area (Å²) >= 11 is 0. The number of hydrogen-bond acceptors (Lipinski definition) is 6. The monoisotopic (exact) mass is 471 g/mol. The summed E-state index contributed by atoms with van der Waals surface area (Å²) < 4.78 is 60.1. The van der Waals surface area contributed by atoms with Crippen molar-refractivity contribution in [2.45, 2.75) is 25.0 Å². The molecule has 7 nitrogen and oxygen atoms in total. The maximum atomic E-state index is 14.1. The molecule has 0 bridgehead atoms. The minimum atomic E-state index is -3.40. The number of halogens is 4. The minimum absolute atomic E-state index is 0.0630. The summed E-state index contributed by atoms with van der Waals surface area (Å²) in [5.74, 6) is -3.65. The van der Waals surface area contributed by atoms with Crippen molar-refractivity contribution in [1.29, 1.82) is 0 Å². The molecule has 172 valence electrons. The highest BCUT2D eigenvalue weighted by Gasteiger charge is 2.42. The number of amides is 1. The number of ether oxygens (including phenoxy) is 1. The van der Waals surface area contributed by atoms with E-state index in [1.54, 1.807) is 0 Å². The molecule has 0 spiro atoms. The Morgan fingerprint density at radius 3 is 2.88 bits per heavy atom. The summed E-state index contributed by atoms with van der Waals surface area (Å²) in [5.41, 5.74) is 6.12. The Balaban J connectivity index is 1.77. The highest BCUT2D eigenvalue weighted by molar-refractivity contribution is 7.54. The highest BCUT2D eigenvalue weighted by Crippen LogP contribution is 2.37. The molecule has 1 aliphatic heterocycles. The zero-order chi connectivity index (χ0) is 23.3. The van der Waals surface area contributed by atoms with E-state index in [9.17, 15) is 22.0 Å². The highest BCUT2D eigenvalue weighted by atomic mass is 31.2. The first-order valence-corrected chi connectivity index (χ1v) is 10.8. The van der Waals surface area contributed by atoms with Gasteiger partial charge >= 0.3 is 8.54 Å². The average Bonchev–Trinajstić information content (AvgIpc) is 2.76. The van der Waals surface area contributed by atoms with E-state index in [1.165, 1.54) is 43.6 Å². The molecule has 1 atom stereocenters. The van der Waals surface area contributed by atoms with E-state index in [-0.39, 0.29) is 46.7 Å². The van der Waals surface area contributed by atoms with Gasteiger partial charge in [-0.25, -0.2) is 8.78 Å². The Morgan fingerprint density at radius 1 is 1.41 bits per heavy atom. The fraction of sp³-hybridized carbons (Fsp3) is 0.350. The molecule has 1 fully saturated rings. The number of carbonyl (C=O) groups excluding carboxylic acids is 1. The van der Waals surface area contributed by atoms with Crippen molar-refractivity contribution in [3.63, 3.8) is 0 Å². The third-order valence-corrected chi connectivity index (χ3v) is 5.65. The molecule has 0 radical (unpaired) electrons. The van der Waals surface area contributed by atoms with Gasteiger partial charge in [0.25, 0.3) is 11.8 Å². The molecule has 0 saturated carbocycles. The van der Waals surface area contributed by atoms with Crippen LogP contribution in [0.4, 0.5) is 22.9 Å². The van der Waals surface area contributed by atoms with Crippen LogP contribution in [0, 0.1) is 0 Å². The third kappa shape index (κ3) is 5.52. The van der Waals surface area contributed by atoms with Crippen LogP contribution < -0.4 is 26.5 Å². The number of nitrogen functional groups attached to an aromatic ring is 1. The fourth-order valence-electron chi connectivity index (χ4n) is 3.27. The molecule has 1 saturated heterocycles. The molecule has 3 rings (SSSR count). The van der Waals surface area contributed by atoms with Crippen molar-refractivity contribution < 1.29 is 26.7 Å². The summed E-state index contributed by atoms with van der Waals surface area (Å²) in [4.78, 5) is 20.3. The van der Waals surface area contributed by atoms with Crippen molar-refractivity contribution in [2.75, 3.05) is 25.9 Å². The van der Waals surface area contributed by atoms with E-state index in [4.69, 9.17) is 10.5 Å². The Labute approximate surface area is 183 Å². The number of aliphatic imine (C=N–C) groups is 1. The summed E-state index contributed by atoms with van der Waals surface area (Å²) in [7, 11) is -2.05. The normalized spacial score (nSPS) is 18.4. The van der Waals surface area contributed by atoms with E-state index in [1.807, 2.05) is 0 Å². The van der Waals surface area contributed by atoms with Crippen LogP contribution in [-0.2, 0) is 11.4 Å². The number of benzene rings is 1. The first-order chi connectivity index (χ1) is 15.2. The average molecular weight is 471 g/mol. The molecule has 12 heteroatoms. The molecule has 2 aromatic rings. The molecular weight excluding hydrogens is 449 g/mol. The molecule has 0 unspecified atom stereocenters. The number of nitrogens with zero attached hydrogens (tertiary/aromatic N) is 2. The number of alkyl halides is 2. The molecule has 0 aliphatic carbocycles. The van der Waals surface area contributed by atoms with Gasteiger partial charge in [-0.2, -0.15) is 8.39 Å². The summed E-state index contributed by atoms with van der Waals surface area (Å²) in [6.07, 6.45) is 1.34. The fourth-order valence-corrected chi connectivity index (χ4v) is 3.78. The van der Waals surface area contributed by atoms with Gasteiger partial charge in [-0.05, 0) is 37.2 Å². The van der Waals surface area contributed by atoms with Crippen molar-refractivity contribution in [3.8, 4) is 5.75 Å². The van der Waals surface area contributed by atoms with E-state index >= 15 is 0 Å². The number of carbonyl (C=O) groups is 1. The van der Waals surface area contributed by atoms with E-state index < -0.39 is 33.0 Å². The Morgan fingerprint density at radius 2 is 2.19 bits per heavy atom.